The van der Waals surface area contributed by atoms with Gasteiger partial charge in [0.05, 0.1) is 4.58 Å². The zero-order valence-electron chi connectivity index (χ0n) is 13.1. The quantitative estimate of drug-likeness (QED) is 0.714. The van der Waals surface area contributed by atoms with Crippen LogP contribution in [-0.4, -0.2) is 29.9 Å². The lowest BCUT2D eigenvalue weighted by molar-refractivity contribution is -0.117. The van der Waals surface area contributed by atoms with Gasteiger partial charge in [0, 0.05) is 18.4 Å². The average Bonchev–Trinajstić information content (AvgIpc) is 3.01. The van der Waals surface area contributed by atoms with Crippen molar-refractivity contribution in [2.45, 2.75) is 37.2 Å². The molecule has 0 N–H and O–H groups in total. The number of hydrogen-bond donors (Lipinski definition) is 0. The molecule has 0 amide bonds. The molecule has 0 atom stereocenters. The van der Waals surface area contributed by atoms with Gasteiger partial charge in [0.15, 0.2) is 17.3 Å². The van der Waals surface area contributed by atoms with E-state index in [2.05, 4.69) is 0 Å². The molecule has 0 aromatic heterocycles. The predicted octanol–water partition coefficient (Wildman–Crippen LogP) is 4.23. The Balaban J connectivity index is 1.84. The Labute approximate surface area is 144 Å². The molecule has 0 unspecified atom stereocenters. The summed E-state index contributed by atoms with van der Waals surface area (Å²) in [6.45, 7) is 1.77. The number of thioether (sulfide) groups is 2. The normalized spacial score (nSPS) is 17.3. The molecule has 2 heterocycles. The van der Waals surface area contributed by atoms with Crippen molar-refractivity contribution in [1.29, 1.82) is 0 Å². The minimum Gasteiger partial charge on any atom is -0.454 e. The number of Topliss-reactive ketones (excluding diaryl/α,β-unsaturated/α-hetero) is 2. The van der Waals surface area contributed by atoms with Crippen LogP contribution in [0.2, 0.25) is 0 Å². The van der Waals surface area contributed by atoms with Crippen LogP contribution in [0.4, 0.5) is 0 Å². The highest BCUT2D eigenvalue weighted by Gasteiger charge is 2.27. The van der Waals surface area contributed by atoms with Crippen molar-refractivity contribution in [2.24, 2.45) is 0 Å². The second-order valence-corrected chi connectivity index (χ2v) is 8.42. The van der Waals surface area contributed by atoms with Crippen LogP contribution in [0.25, 0.3) is 0 Å². The Bertz CT molecular complexity index is 609. The number of rotatable bonds is 6. The number of benzene rings is 1. The third-order valence-corrected chi connectivity index (χ3v) is 6.84. The highest BCUT2D eigenvalue weighted by Crippen LogP contribution is 2.48. The first kappa shape index (κ1) is 16.7. The van der Waals surface area contributed by atoms with E-state index >= 15 is 0 Å². The molecular weight excluding hydrogens is 332 g/mol. The average molecular weight is 352 g/mol. The third kappa shape index (κ3) is 4.04. The maximum atomic E-state index is 12.7. The monoisotopic (exact) mass is 352 g/mol. The molecule has 1 aromatic rings. The van der Waals surface area contributed by atoms with Crippen LogP contribution in [0.15, 0.2) is 12.1 Å². The van der Waals surface area contributed by atoms with E-state index in [0.29, 0.717) is 25.0 Å². The molecule has 1 aromatic carbocycles. The lowest BCUT2D eigenvalue weighted by atomic mass is 9.99. The van der Waals surface area contributed by atoms with Crippen molar-refractivity contribution in [3.8, 4) is 11.5 Å². The summed E-state index contributed by atoms with van der Waals surface area (Å²) >= 11 is 3.76. The molecule has 2 aliphatic rings. The molecule has 0 spiro atoms. The summed E-state index contributed by atoms with van der Waals surface area (Å²) in [7, 11) is 0. The topological polar surface area (TPSA) is 52.6 Å². The molecule has 1 saturated heterocycles. The van der Waals surface area contributed by atoms with E-state index in [9.17, 15) is 9.59 Å². The Morgan fingerprint density at radius 1 is 1.13 bits per heavy atom. The molecule has 3 rings (SSSR count). The van der Waals surface area contributed by atoms with Gasteiger partial charge < -0.3 is 14.3 Å². The first-order valence-corrected chi connectivity index (χ1v) is 9.94. The van der Waals surface area contributed by atoms with Crippen LogP contribution < -0.4 is 9.47 Å². The molecule has 0 aliphatic carbocycles. The van der Waals surface area contributed by atoms with E-state index in [1.807, 2.05) is 35.7 Å². The molecule has 0 bridgehead atoms. The van der Waals surface area contributed by atoms with E-state index in [4.69, 9.17) is 9.47 Å². The van der Waals surface area contributed by atoms with Crippen molar-refractivity contribution < 1.29 is 19.1 Å². The molecular formula is C17H20O4S2. The van der Waals surface area contributed by atoms with Crippen molar-refractivity contribution in [1.82, 2.24) is 0 Å². The molecule has 2 aliphatic heterocycles. The second-order valence-electron chi connectivity index (χ2n) is 5.70. The zero-order chi connectivity index (χ0) is 16.2. The van der Waals surface area contributed by atoms with Crippen LogP contribution in [0.3, 0.4) is 0 Å². The molecule has 0 saturated carbocycles. The SMILES string of the molecule is CC(=O)CCCC(=O)c1cc2c(cc1C1SCCCS1)OCO2. The van der Waals surface area contributed by atoms with Gasteiger partial charge in [-0.05, 0) is 49.0 Å². The molecule has 1 fully saturated rings. The molecule has 0 radical (unpaired) electrons. The van der Waals surface area contributed by atoms with Crippen molar-refractivity contribution in [3.05, 3.63) is 23.3 Å². The predicted molar refractivity (Wildman–Crippen MR) is 93.7 cm³/mol. The van der Waals surface area contributed by atoms with Gasteiger partial charge in [-0.15, -0.1) is 23.5 Å². The van der Waals surface area contributed by atoms with E-state index in [-0.39, 0.29) is 22.9 Å². The Morgan fingerprint density at radius 2 is 1.83 bits per heavy atom. The molecule has 124 valence electrons. The van der Waals surface area contributed by atoms with Crippen molar-refractivity contribution >= 4 is 35.1 Å². The van der Waals surface area contributed by atoms with Gasteiger partial charge in [-0.1, -0.05) is 0 Å². The summed E-state index contributed by atoms with van der Waals surface area (Å²) in [6, 6.07) is 3.79. The van der Waals surface area contributed by atoms with E-state index in [1.165, 1.54) is 6.42 Å². The van der Waals surface area contributed by atoms with Crippen molar-refractivity contribution in [2.75, 3.05) is 18.3 Å². The van der Waals surface area contributed by atoms with Gasteiger partial charge >= 0.3 is 0 Å². The van der Waals surface area contributed by atoms with Crippen LogP contribution in [0.1, 0.15) is 53.1 Å². The first-order chi connectivity index (χ1) is 11.1. The highest BCUT2D eigenvalue weighted by molar-refractivity contribution is 8.16. The van der Waals surface area contributed by atoms with E-state index in [1.54, 1.807) is 6.92 Å². The Kier molecular flexibility index (Phi) is 5.54. The van der Waals surface area contributed by atoms with Crippen LogP contribution in [-0.2, 0) is 4.79 Å². The fraction of sp³-hybridized carbons (Fsp3) is 0.529. The Morgan fingerprint density at radius 3 is 2.52 bits per heavy atom. The summed E-state index contributed by atoms with van der Waals surface area (Å²) in [6.07, 6.45) is 2.66. The standard InChI is InChI=1S/C17H20O4S2/c1-11(18)4-2-5-14(19)12-8-15-16(21-10-20-15)9-13(12)17-22-6-3-7-23-17/h8-9,17H,2-7,10H2,1H3. The second kappa shape index (κ2) is 7.62. The molecule has 6 heteroatoms. The third-order valence-electron chi connectivity index (χ3n) is 3.86. The zero-order valence-corrected chi connectivity index (χ0v) is 14.8. The fourth-order valence-electron chi connectivity index (χ4n) is 2.69. The lowest BCUT2D eigenvalue weighted by Gasteiger charge is -2.23. The summed E-state index contributed by atoms with van der Waals surface area (Å²) < 4.78 is 11.2. The molecule has 23 heavy (non-hydrogen) atoms. The minimum atomic E-state index is 0.0892. The smallest absolute Gasteiger partial charge is 0.231 e. The summed E-state index contributed by atoms with van der Waals surface area (Å²) in [5.41, 5.74) is 1.77. The number of carbonyl (C=O) groups is 2. The largest absolute Gasteiger partial charge is 0.454 e. The van der Waals surface area contributed by atoms with Crippen LogP contribution in [0.5, 0.6) is 11.5 Å². The first-order valence-electron chi connectivity index (χ1n) is 7.84. The lowest BCUT2D eigenvalue weighted by Crippen LogP contribution is -2.09. The van der Waals surface area contributed by atoms with Gasteiger partial charge in [-0.25, -0.2) is 0 Å². The summed E-state index contributed by atoms with van der Waals surface area (Å²) in [5.74, 6) is 3.82. The fourth-order valence-corrected chi connectivity index (χ4v) is 5.64. The van der Waals surface area contributed by atoms with Crippen molar-refractivity contribution in [3.63, 3.8) is 0 Å². The summed E-state index contributed by atoms with van der Waals surface area (Å²) in [5, 5.41) is 0. The van der Waals surface area contributed by atoms with Crippen LogP contribution >= 0.6 is 23.5 Å². The Hall–Kier alpha value is -1.14. The maximum Gasteiger partial charge on any atom is 0.231 e. The number of ketones is 2. The van der Waals surface area contributed by atoms with E-state index in [0.717, 1.165) is 28.4 Å². The van der Waals surface area contributed by atoms with Gasteiger partial charge in [-0.2, -0.15) is 0 Å². The minimum absolute atomic E-state index is 0.0892. The van der Waals surface area contributed by atoms with E-state index < -0.39 is 0 Å². The van der Waals surface area contributed by atoms with Gasteiger partial charge in [0.25, 0.3) is 0 Å². The maximum absolute atomic E-state index is 12.7. The number of ether oxygens (including phenoxy) is 2. The number of hydrogen-bond acceptors (Lipinski definition) is 6. The van der Waals surface area contributed by atoms with Gasteiger partial charge in [-0.3, -0.25) is 4.79 Å². The molecule has 4 nitrogen and oxygen atoms in total. The highest BCUT2D eigenvalue weighted by atomic mass is 32.2. The number of carbonyl (C=O) groups excluding carboxylic acids is 2. The van der Waals surface area contributed by atoms with Gasteiger partial charge in [0.2, 0.25) is 6.79 Å². The summed E-state index contributed by atoms with van der Waals surface area (Å²) in [4.78, 5) is 23.7. The number of fused-ring (bicyclic) bond motifs is 1. The van der Waals surface area contributed by atoms with Gasteiger partial charge in [0.1, 0.15) is 5.78 Å². The van der Waals surface area contributed by atoms with Crippen LogP contribution in [0, 0.1) is 0 Å².